The lowest BCUT2D eigenvalue weighted by Crippen LogP contribution is -2.58. The third-order valence-electron chi connectivity index (χ3n) is 5.22. The largest absolute Gasteiger partial charge is 0.507 e. The molecule has 2 heterocycles. The summed E-state index contributed by atoms with van der Waals surface area (Å²) in [6, 6.07) is 5.72. The van der Waals surface area contributed by atoms with Crippen molar-refractivity contribution in [3.8, 4) is 40.1 Å². The van der Waals surface area contributed by atoms with E-state index in [0.717, 1.165) is 18.2 Å². The fourth-order valence-electron chi connectivity index (χ4n) is 3.44. The third kappa shape index (κ3) is 3.56. The molecule has 1 aliphatic rings. The van der Waals surface area contributed by atoms with E-state index in [1.165, 1.54) is 19.1 Å². The highest BCUT2D eigenvalue weighted by molar-refractivity contribution is 5.88. The second kappa shape index (κ2) is 7.88. The molecule has 0 aliphatic carbocycles. The Balaban J connectivity index is 1.78. The topological polar surface area (TPSA) is 190 Å². The van der Waals surface area contributed by atoms with Gasteiger partial charge in [0.1, 0.15) is 40.8 Å². The summed E-state index contributed by atoms with van der Waals surface area (Å²) in [5.41, 5.74) is -1.09. The zero-order chi connectivity index (χ0) is 23.3. The van der Waals surface area contributed by atoms with Crippen LogP contribution in [0.15, 0.2) is 39.5 Å². The standard InChI is InChI=1S/C21H20O11/c1-7-15(25)17(27)19(29)21(30-7)31-9-5-12(24)14-13(6-9)32-20(18(28)16(14)26)8-2-3-10(22)11(23)4-8/h2-7,15,17,19,21-25,27-29H,1H3/t7-,15-,17+,19+,21?/m1/s1. The van der Waals surface area contributed by atoms with Crippen LogP contribution in [0.1, 0.15) is 6.92 Å². The molecular weight excluding hydrogens is 428 g/mol. The van der Waals surface area contributed by atoms with Gasteiger partial charge >= 0.3 is 0 Å². The maximum Gasteiger partial charge on any atom is 0.238 e. The van der Waals surface area contributed by atoms with Crippen molar-refractivity contribution in [2.75, 3.05) is 0 Å². The van der Waals surface area contributed by atoms with Crippen LogP contribution in [0.2, 0.25) is 0 Å². The normalized spacial score (nSPS) is 25.7. The molecule has 2 aromatic carbocycles. The van der Waals surface area contributed by atoms with Gasteiger partial charge in [0.2, 0.25) is 17.5 Å². The summed E-state index contributed by atoms with van der Waals surface area (Å²) in [5.74, 6) is -2.80. The summed E-state index contributed by atoms with van der Waals surface area (Å²) >= 11 is 0. The molecule has 0 saturated carbocycles. The van der Waals surface area contributed by atoms with Gasteiger partial charge in [-0.1, -0.05) is 0 Å². The summed E-state index contributed by atoms with van der Waals surface area (Å²) in [5, 5.41) is 69.3. The van der Waals surface area contributed by atoms with Crippen molar-refractivity contribution >= 4 is 11.0 Å². The smallest absolute Gasteiger partial charge is 0.238 e. The van der Waals surface area contributed by atoms with Gasteiger partial charge in [-0.25, -0.2) is 0 Å². The summed E-state index contributed by atoms with van der Waals surface area (Å²) in [6.45, 7) is 1.47. The van der Waals surface area contributed by atoms with Crippen molar-refractivity contribution in [3.63, 3.8) is 0 Å². The van der Waals surface area contributed by atoms with Crippen LogP contribution in [0.5, 0.6) is 28.7 Å². The molecule has 1 aliphatic heterocycles. The zero-order valence-electron chi connectivity index (χ0n) is 16.5. The van der Waals surface area contributed by atoms with Gasteiger partial charge in [0.25, 0.3) is 0 Å². The fourth-order valence-corrected chi connectivity index (χ4v) is 3.44. The van der Waals surface area contributed by atoms with Crippen LogP contribution in [0.3, 0.4) is 0 Å². The molecule has 170 valence electrons. The van der Waals surface area contributed by atoms with Gasteiger partial charge in [-0.2, -0.15) is 0 Å². The molecule has 1 unspecified atom stereocenters. The Morgan fingerprint density at radius 2 is 1.59 bits per heavy atom. The number of benzene rings is 2. The molecule has 4 rings (SSSR count). The lowest BCUT2D eigenvalue weighted by molar-refractivity contribution is -0.268. The van der Waals surface area contributed by atoms with E-state index in [0.29, 0.717) is 0 Å². The molecule has 11 nitrogen and oxygen atoms in total. The number of hydrogen-bond donors (Lipinski definition) is 7. The summed E-state index contributed by atoms with van der Waals surface area (Å²) in [7, 11) is 0. The molecule has 5 atom stereocenters. The van der Waals surface area contributed by atoms with Crippen molar-refractivity contribution in [3.05, 3.63) is 40.6 Å². The van der Waals surface area contributed by atoms with Gasteiger partial charge in [-0.3, -0.25) is 4.79 Å². The molecule has 0 spiro atoms. The SMILES string of the molecule is C[C@H]1OC(Oc2cc(O)c3c(=O)c(O)c(-c4ccc(O)c(O)c4)oc3c2)[C@@H](O)[C@@H](O)[C@@H]1O. The Labute approximate surface area is 179 Å². The van der Waals surface area contributed by atoms with Crippen LogP contribution in [0.25, 0.3) is 22.3 Å². The average Bonchev–Trinajstić information content (AvgIpc) is 2.74. The van der Waals surface area contributed by atoms with Crippen LogP contribution in [-0.4, -0.2) is 66.5 Å². The van der Waals surface area contributed by atoms with Gasteiger partial charge in [0.05, 0.1) is 6.10 Å². The van der Waals surface area contributed by atoms with E-state index in [1.54, 1.807) is 0 Å². The van der Waals surface area contributed by atoms with Gasteiger partial charge in [0, 0.05) is 17.7 Å². The minimum Gasteiger partial charge on any atom is -0.507 e. The molecule has 0 bridgehead atoms. The highest BCUT2D eigenvalue weighted by Crippen LogP contribution is 2.38. The maximum absolute atomic E-state index is 12.6. The predicted molar refractivity (Wildman–Crippen MR) is 108 cm³/mol. The van der Waals surface area contributed by atoms with E-state index in [-0.39, 0.29) is 28.0 Å². The molecule has 0 radical (unpaired) electrons. The summed E-state index contributed by atoms with van der Waals surface area (Å²) < 4.78 is 16.4. The number of ether oxygens (including phenoxy) is 2. The maximum atomic E-state index is 12.6. The molecule has 1 saturated heterocycles. The summed E-state index contributed by atoms with van der Waals surface area (Å²) in [4.78, 5) is 12.6. The number of aliphatic hydroxyl groups excluding tert-OH is 3. The Bertz CT molecular complexity index is 1230. The number of aromatic hydroxyl groups is 4. The lowest BCUT2D eigenvalue weighted by atomic mass is 10.00. The van der Waals surface area contributed by atoms with E-state index >= 15 is 0 Å². The average molecular weight is 448 g/mol. The monoisotopic (exact) mass is 448 g/mol. The van der Waals surface area contributed by atoms with Crippen LogP contribution >= 0.6 is 0 Å². The first-order valence-corrected chi connectivity index (χ1v) is 9.50. The van der Waals surface area contributed by atoms with Crippen molar-refractivity contribution in [2.45, 2.75) is 37.6 Å². The van der Waals surface area contributed by atoms with Gasteiger partial charge in [0.15, 0.2) is 17.3 Å². The highest BCUT2D eigenvalue weighted by atomic mass is 16.7. The molecule has 1 fully saturated rings. The number of rotatable bonds is 3. The quantitative estimate of drug-likeness (QED) is 0.276. The van der Waals surface area contributed by atoms with E-state index in [1.807, 2.05) is 0 Å². The van der Waals surface area contributed by atoms with E-state index in [2.05, 4.69) is 0 Å². The van der Waals surface area contributed by atoms with Crippen LogP contribution in [0.4, 0.5) is 0 Å². The third-order valence-corrected chi connectivity index (χ3v) is 5.22. The Hall–Kier alpha value is -3.51. The van der Waals surface area contributed by atoms with Crippen LogP contribution in [-0.2, 0) is 4.74 Å². The molecule has 7 N–H and O–H groups in total. The summed E-state index contributed by atoms with van der Waals surface area (Å²) in [6.07, 6.45) is -6.75. The molecule has 1 aromatic heterocycles. The second-order valence-corrected chi connectivity index (χ2v) is 7.43. The Morgan fingerprint density at radius 1 is 0.875 bits per heavy atom. The second-order valence-electron chi connectivity index (χ2n) is 7.43. The fraction of sp³-hybridized carbons (Fsp3) is 0.286. The zero-order valence-corrected chi connectivity index (χ0v) is 16.5. The Kier molecular flexibility index (Phi) is 5.34. The van der Waals surface area contributed by atoms with Crippen molar-refractivity contribution in [1.82, 2.24) is 0 Å². The van der Waals surface area contributed by atoms with Crippen LogP contribution in [0, 0.1) is 0 Å². The molecule has 32 heavy (non-hydrogen) atoms. The number of aliphatic hydroxyl groups is 3. The first-order chi connectivity index (χ1) is 15.1. The van der Waals surface area contributed by atoms with Crippen LogP contribution < -0.4 is 10.2 Å². The van der Waals surface area contributed by atoms with Crippen molar-refractivity contribution < 1.29 is 49.6 Å². The molecular formula is C21H20O11. The van der Waals surface area contributed by atoms with Gasteiger partial charge in [-0.15, -0.1) is 0 Å². The number of fused-ring (bicyclic) bond motifs is 1. The molecule has 11 heteroatoms. The first kappa shape index (κ1) is 21.7. The first-order valence-electron chi connectivity index (χ1n) is 9.50. The Morgan fingerprint density at radius 3 is 2.28 bits per heavy atom. The van der Waals surface area contributed by atoms with Gasteiger partial charge < -0.3 is 49.6 Å². The van der Waals surface area contributed by atoms with E-state index in [9.17, 15) is 40.5 Å². The van der Waals surface area contributed by atoms with Crippen molar-refractivity contribution in [2.24, 2.45) is 0 Å². The molecule has 0 amide bonds. The highest BCUT2D eigenvalue weighted by Gasteiger charge is 2.43. The number of phenolic OH excluding ortho intramolecular Hbond substituents is 3. The van der Waals surface area contributed by atoms with E-state index in [4.69, 9.17) is 13.9 Å². The van der Waals surface area contributed by atoms with Gasteiger partial charge in [-0.05, 0) is 25.1 Å². The number of phenols is 3. The van der Waals surface area contributed by atoms with Crippen molar-refractivity contribution in [1.29, 1.82) is 0 Å². The van der Waals surface area contributed by atoms with E-state index < -0.39 is 59.1 Å². The number of hydrogen-bond acceptors (Lipinski definition) is 11. The minimum atomic E-state index is -1.61. The molecule has 3 aromatic rings. The predicted octanol–water partition coefficient (Wildman–Crippen LogP) is 0.489. The lowest BCUT2D eigenvalue weighted by Gasteiger charge is -2.38. The minimum absolute atomic E-state index is 0.0691.